The van der Waals surface area contributed by atoms with Crippen molar-refractivity contribution in [3.8, 4) is 0 Å². The van der Waals surface area contributed by atoms with Gasteiger partial charge in [-0.25, -0.2) is 0 Å². The fourth-order valence-electron chi connectivity index (χ4n) is 0.910. The maximum absolute atomic E-state index is 10.1. The SMILES string of the molecule is O=[13C](O)[13CH2]NCc1ccccc1. The average Bonchev–Trinajstić information content (AvgIpc) is 2.05. The van der Waals surface area contributed by atoms with Crippen molar-refractivity contribution in [3.05, 3.63) is 35.9 Å². The minimum absolute atomic E-state index is 0.00882. The summed E-state index contributed by atoms with van der Waals surface area (Å²) >= 11 is 0. The lowest BCUT2D eigenvalue weighted by molar-refractivity contribution is -0.135. The van der Waals surface area contributed by atoms with E-state index < -0.39 is 5.97 Å². The highest BCUT2D eigenvalue weighted by molar-refractivity contribution is 5.68. The number of carboxylic acid groups (broad SMARTS) is 1. The van der Waals surface area contributed by atoms with Crippen LogP contribution in [0.4, 0.5) is 0 Å². The van der Waals surface area contributed by atoms with Crippen LogP contribution < -0.4 is 5.32 Å². The summed E-state index contributed by atoms with van der Waals surface area (Å²) in [4.78, 5) is 10.1. The highest BCUT2D eigenvalue weighted by Gasteiger charge is 1.94. The molecule has 64 valence electrons. The van der Waals surface area contributed by atoms with E-state index in [2.05, 4.69) is 5.32 Å². The van der Waals surface area contributed by atoms with Gasteiger partial charge in [-0.05, 0) is 5.56 Å². The van der Waals surface area contributed by atoms with Crippen LogP contribution in [0.1, 0.15) is 5.56 Å². The summed E-state index contributed by atoms with van der Waals surface area (Å²) in [5.41, 5.74) is 1.10. The lowest BCUT2D eigenvalue weighted by atomic mass is 10.2. The van der Waals surface area contributed by atoms with Crippen molar-refractivity contribution < 1.29 is 9.90 Å². The Morgan fingerprint density at radius 2 is 2.00 bits per heavy atom. The van der Waals surface area contributed by atoms with Gasteiger partial charge in [0, 0.05) is 6.54 Å². The zero-order chi connectivity index (χ0) is 8.81. The second-order valence-electron chi connectivity index (χ2n) is 2.48. The molecule has 0 radical (unpaired) electrons. The second kappa shape index (κ2) is 4.51. The Morgan fingerprint density at radius 3 is 2.58 bits per heavy atom. The fourth-order valence-corrected chi connectivity index (χ4v) is 0.910. The van der Waals surface area contributed by atoms with Gasteiger partial charge in [-0.2, -0.15) is 0 Å². The Bertz CT molecular complexity index is 246. The Hall–Kier alpha value is -1.35. The Morgan fingerprint density at radius 1 is 1.33 bits per heavy atom. The summed E-state index contributed by atoms with van der Waals surface area (Å²) in [6.07, 6.45) is 0. The monoisotopic (exact) mass is 167 g/mol. The lowest BCUT2D eigenvalue weighted by Gasteiger charge is -2.00. The summed E-state index contributed by atoms with van der Waals surface area (Å²) in [5, 5.41) is 11.1. The molecule has 0 unspecified atom stereocenters. The molecule has 0 fully saturated rings. The summed E-state index contributed by atoms with van der Waals surface area (Å²) in [5.74, 6) is -0.828. The highest BCUT2D eigenvalue weighted by atomic mass is 16.5. The predicted molar refractivity (Wildman–Crippen MR) is 45.8 cm³/mol. The molecule has 1 aromatic rings. The predicted octanol–water partition coefficient (Wildman–Crippen LogP) is 0.861. The molecular weight excluding hydrogens is 156 g/mol. The molecule has 0 saturated carbocycles. The molecule has 1 aromatic carbocycles. The van der Waals surface area contributed by atoms with E-state index in [1.54, 1.807) is 0 Å². The van der Waals surface area contributed by atoms with E-state index in [0.29, 0.717) is 6.54 Å². The third-order valence-corrected chi connectivity index (χ3v) is 1.45. The van der Waals surface area contributed by atoms with Gasteiger partial charge in [0.15, 0.2) is 0 Å². The van der Waals surface area contributed by atoms with Crippen molar-refractivity contribution in [2.45, 2.75) is 6.54 Å². The van der Waals surface area contributed by atoms with Crippen molar-refractivity contribution in [2.24, 2.45) is 0 Å². The Kier molecular flexibility index (Phi) is 3.29. The maximum Gasteiger partial charge on any atom is 0.317 e. The summed E-state index contributed by atoms with van der Waals surface area (Å²) in [7, 11) is 0. The quantitative estimate of drug-likeness (QED) is 0.654. The molecular formula is C9H11NO2. The van der Waals surface area contributed by atoms with Gasteiger partial charge in [-0.1, -0.05) is 30.3 Å². The summed E-state index contributed by atoms with van der Waals surface area (Å²) in [6.45, 7) is 0.613. The minimum Gasteiger partial charge on any atom is -0.480 e. The zero-order valence-corrected chi connectivity index (χ0v) is 6.66. The van der Waals surface area contributed by atoms with Crippen molar-refractivity contribution in [1.29, 1.82) is 0 Å². The number of hydrogen-bond acceptors (Lipinski definition) is 2. The fraction of sp³-hybridized carbons (Fsp3) is 0.222. The van der Waals surface area contributed by atoms with Gasteiger partial charge in [-0.3, -0.25) is 4.79 Å². The smallest absolute Gasteiger partial charge is 0.317 e. The zero-order valence-electron chi connectivity index (χ0n) is 6.66. The van der Waals surface area contributed by atoms with Crippen molar-refractivity contribution in [1.82, 2.24) is 5.32 Å². The first kappa shape index (κ1) is 8.74. The van der Waals surface area contributed by atoms with Crippen LogP contribution in [0.5, 0.6) is 0 Å². The number of benzene rings is 1. The molecule has 0 aliphatic carbocycles. The van der Waals surface area contributed by atoms with E-state index in [1.807, 2.05) is 30.3 Å². The van der Waals surface area contributed by atoms with Crippen LogP contribution in [-0.2, 0) is 11.3 Å². The molecule has 0 bridgehead atoms. The molecule has 3 heteroatoms. The number of carbonyl (C=O) groups is 1. The number of hydrogen-bond donors (Lipinski definition) is 2. The van der Waals surface area contributed by atoms with Gasteiger partial charge >= 0.3 is 5.97 Å². The Labute approximate surface area is 71.0 Å². The van der Waals surface area contributed by atoms with Gasteiger partial charge in [0.05, 0.1) is 6.54 Å². The van der Waals surface area contributed by atoms with Gasteiger partial charge in [0.2, 0.25) is 0 Å². The molecule has 0 spiro atoms. The lowest BCUT2D eigenvalue weighted by Crippen LogP contribution is -2.21. The van der Waals surface area contributed by atoms with Crippen LogP contribution in [0.15, 0.2) is 30.3 Å². The second-order valence-corrected chi connectivity index (χ2v) is 2.48. The normalized spacial score (nSPS) is 9.67. The number of aliphatic carboxylic acids is 1. The average molecular weight is 167 g/mol. The first-order valence-corrected chi connectivity index (χ1v) is 3.75. The van der Waals surface area contributed by atoms with E-state index in [0.717, 1.165) is 5.56 Å². The highest BCUT2D eigenvalue weighted by Crippen LogP contribution is 1.96. The molecule has 0 amide bonds. The third-order valence-electron chi connectivity index (χ3n) is 1.45. The van der Waals surface area contributed by atoms with Gasteiger partial charge in [0.1, 0.15) is 0 Å². The Balaban J connectivity index is 2.29. The molecule has 2 N–H and O–H groups in total. The van der Waals surface area contributed by atoms with Crippen molar-refractivity contribution >= 4 is 5.97 Å². The molecule has 3 nitrogen and oxygen atoms in total. The minimum atomic E-state index is -0.828. The van der Waals surface area contributed by atoms with Crippen LogP contribution in [0, 0.1) is 0 Å². The van der Waals surface area contributed by atoms with Crippen LogP contribution in [0.2, 0.25) is 0 Å². The van der Waals surface area contributed by atoms with Gasteiger partial charge in [-0.15, -0.1) is 0 Å². The van der Waals surface area contributed by atoms with Crippen LogP contribution in [0.3, 0.4) is 0 Å². The molecule has 0 aromatic heterocycles. The van der Waals surface area contributed by atoms with E-state index in [1.165, 1.54) is 0 Å². The number of nitrogens with one attached hydrogen (secondary N) is 1. The molecule has 1 rings (SSSR count). The molecule has 0 saturated heterocycles. The summed E-state index contributed by atoms with van der Waals surface area (Å²) in [6, 6.07) is 9.69. The molecule has 0 atom stereocenters. The van der Waals surface area contributed by atoms with Crippen molar-refractivity contribution in [3.63, 3.8) is 0 Å². The van der Waals surface area contributed by atoms with E-state index in [-0.39, 0.29) is 6.54 Å². The third kappa shape index (κ3) is 3.16. The number of rotatable bonds is 4. The molecule has 12 heavy (non-hydrogen) atoms. The number of carboxylic acids is 1. The van der Waals surface area contributed by atoms with Crippen molar-refractivity contribution in [2.75, 3.05) is 6.54 Å². The van der Waals surface area contributed by atoms with Crippen LogP contribution in [0.25, 0.3) is 0 Å². The topological polar surface area (TPSA) is 49.3 Å². The van der Waals surface area contributed by atoms with E-state index in [4.69, 9.17) is 5.11 Å². The summed E-state index contributed by atoms with van der Waals surface area (Å²) < 4.78 is 0. The van der Waals surface area contributed by atoms with Gasteiger partial charge < -0.3 is 10.4 Å². The van der Waals surface area contributed by atoms with Gasteiger partial charge in [0.25, 0.3) is 0 Å². The molecule has 0 heterocycles. The largest absolute Gasteiger partial charge is 0.480 e. The maximum atomic E-state index is 10.1. The van der Waals surface area contributed by atoms with Crippen LogP contribution in [-0.4, -0.2) is 17.6 Å². The van der Waals surface area contributed by atoms with Crippen LogP contribution >= 0.6 is 0 Å². The molecule has 0 aliphatic heterocycles. The first-order chi connectivity index (χ1) is 5.79. The molecule has 0 aliphatic rings. The van der Waals surface area contributed by atoms with E-state index >= 15 is 0 Å². The first-order valence-electron chi connectivity index (χ1n) is 3.75. The standard InChI is InChI=1S/C9H11NO2/c11-9(12)7-10-6-8-4-2-1-3-5-8/h1-5,10H,6-7H2,(H,11,12)/i7+1,9+1. The van der Waals surface area contributed by atoms with E-state index in [9.17, 15) is 4.79 Å².